The summed E-state index contributed by atoms with van der Waals surface area (Å²) in [5.41, 5.74) is 0. The predicted octanol–water partition coefficient (Wildman–Crippen LogP) is -2.15. The predicted molar refractivity (Wildman–Crippen MR) is 110 cm³/mol. The van der Waals surface area contributed by atoms with Gasteiger partial charge in [0.15, 0.2) is 6.79 Å². The van der Waals surface area contributed by atoms with Gasteiger partial charge in [0.1, 0.15) is 12.2 Å². The molecule has 0 rings (SSSR count). The van der Waals surface area contributed by atoms with E-state index in [1.165, 1.54) is 13.8 Å². The second-order valence-electron chi connectivity index (χ2n) is 6.15. The van der Waals surface area contributed by atoms with E-state index < -0.39 is 84.5 Å². The van der Waals surface area contributed by atoms with Crippen LogP contribution in [0.5, 0.6) is 0 Å². The second kappa shape index (κ2) is 17.5. The Bertz CT molecular complexity index is 896. The lowest BCUT2D eigenvalue weighted by Crippen LogP contribution is -2.29. The molecule has 0 saturated carbocycles. The van der Waals surface area contributed by atoms with Crippen LogP contribution in [0.4, 0.5) is 0 Å². The number of rotatable bonds is 23. The van der Waals surface area contributed by atoms with E-state index >= 15 is 0 Å². The topological polar surface area (TPSA) is 313 Å². The quantitative estimate of drug-likeness (QED) is 0.0901. The van der Waals surface area contributed by atoms with E-state index in [2.05, 4.69) is 45.2 Å². The van der Waals surface area contributed by atoms with Crippen LogP contribution in [0.2, 0.25) is 0 Å². The Kier molecular flexibility index (Phi) is 17.7. The Balaban J connectivity index is 5.06. The molecule has 0 radical (unpaired) electrons. The fourth-order valence-corrected chi connectivity index (χ4v) is 5.24. The van der Waals surface area contributed by atoms with E-state index in [1.807, 2.05) is 0 Å². The van der Waals surface area contributed by atoms with Crippen LogP contribution >= 0.6 is 39.1 Å². The summed E-state index contributed by atoms with van der Waals surface area (Å²) in [7, 11) is -25.0. The maximum absolute atomic E-state index is 12.0. The molecule has 26 heteroatoms. The third-order valence-corrected chi connectivity index (χ3v) is 8.18. The summed E-state index contributed by atoms with van der Waals surface area (Å²) in [5.74, 6) is 0. The van der Waals surface area contributed by atoms with Crippen molar-refractivity contribution < 1.29 is 97.6 Å². The summed E-state index contributed by atoms with van der Waals surface area (Å²) in [5, 5.41) is 9.01. The fraction of sp³-hybridized carbons (Fsp3) is 1.00. The highest BCUT2D eigenvalue weighted by Gasteiger charge is 2.25. The maximum atomic E-state index is 12.0. The van der Waals surface area contributed by atoms with Crippen LogP contribution in [0.3, 0.4) is 0 Å². The zero-order valence-electron chi connectivity index (χ0n) is 20.0. The van der Waals surface area contributed by atoms with E-state index in [0.717, 1.165) is 7.11 Å². The van der Waals surface area contributed by atoms with Crippen LogP contribution in [-0.2, 0) is 68.1 Å². The molecule has 0 amide bonds. The van der Waals surface area contributed by atoms with Gasteiger partial charge in [0.2, 0.25) is 0 Å². The van der Waals surface area contributed by atoms with Gasteiger partial charge in [0.05, 0.1) is 39.6 Å². The second-order valence-corrected chi connectivity index (χ2v) is 13.2. The Morgan fingerprint density at radius 3 is 1.34 bits per heavy atom. The zero-order chi connectivity index (χ0) is 29.7. The molecule has 0 saturated heterocycles. The van der Waals surface area contributed by atoms with Crippen LogP contribution < -0.4 is 24.5 Å². The average Bonchev–Trinajstić information content (AvgIpc) is 2.78. The summed E-state index contributed by atoms with van der Waals surface area (Å²) in [6.45, 7) is -4.23. The molecule has 0 aliphatic heterocycles. The lowest BCUT2D eigenvalue weighted by Gasteiger charge is -2.32. The number of aliphatic hydroxyl groups excluding tert-OH is 1. The number of phosphoric acid groups is 5. The third-order valence-electron chi connectivity index (χ3n) is 3.24. The zero-order valence-corrected chi connectivity index (χ0v) is 24.4. The molecular formula is C12H26O21P5-5. The Morgan fingerprint density at radius 1 is 0.579 bits per heavy atom. The van der Waals surface area contributed by atoms with E-state index in [1.54, 1.807) is 0 Å². The van der Waals surface area contributed by atoms with Gasteiger partial charge in [0, 0.05) is 7.11 Å². The molecule has 6 atom stereocenters. The van der Waals surface area contributed by atoms with Gasteiger partial charge >= 0.3 is 0 Å². The normalized spacial score (nSPS) is 21.8. The molecule has 0 spiro atoms. The lowest BCUT2D eigenvalue weighted by atomic mass is 10.4. The van der Waals surface area contributed by atoms with Crippen molar-refractivity contribution in [1.29, 1.82) is 0 Å². The van der Waals surface area contributed by atoms with E-state index in [0.29, 0.717) is 0 Å². The molecule has 0 fully saturated rings. The van der Waals surface area contributed by atoms with Gasteiger partial charge in [0.25, 0.3) is 39.1 Å². The maximum Gasteiger partial charge on any atom is 0.270 e. The molecule has 6 unspecified atom stereocenters. The highest BCUT2D eigenvalue weighted by atomic mass is 31.2. The molecule has 0 heterocycles. The molecule has 230 valence electrons. The smallest absolute Gasteiger partial charge is 0.270 e. The van der Waals surface area contributed by atoms with Crippen molar-refractivity contribution in [2.45, 2.75) is 26.1 Å². The van der Waals surface area contributed by atoms with Crippen molar-refractivity contribution in [3.05, 3.63) is 0 Å². The highest BCUT2D eigenvalue weighted by Crippen LogP contribution is 2.46. The van der Waals surface area contributed by atoms with Gasteiger partial charge in [-0.3, -0.25) is 31.9 Å². The highest BCUT2D eigenvalue weighted by molar-refractivity contribution is 7.47. The summed E-state index contributed by atoms with van der Waals surface area (Å²) in [4.78, 5) is 57.9. The Morgan fingerprint density at radius 2 is 0.947 bits per heavy atom. The van der Waals surface area contributed by atoms with Crippen LogP contribution in [-0.4, -0.2) is 70.9 Å². The first-order chi connectivity index (χ1) is 17.3. The number of hydrogen-bond donors (Lipinski definition) is 1. The summed E-state index contributed by atoms with van der Waals surface area (Å²) in [6.07, 6.45) is -3.76. The SMILES string of the molecule is CCOP(=O)([O-])OCC(COP(=O)([O-])OCC)OP(=O)([O-])OCOP(=O)([O-])OCC(CO)OP(=O)([O-])OC. The molecule has 1 N–H and O–H groups in total. The van der Waals surface area contributed by atoms with E-state index in [9.17, 15) is 47.3 Å². The minimum Gasteiger partial charge on any atom is -0.756 e. The lowest BCUT2D eigenvalue weighted by molar-refractivity contribution is -0.254. The standard InChI is InChI=1S/C12H31O21P5/c1-4-25-35(16,17)28-8-12(9-29-36(18,19)26-5-2)33-38(22,23)31-10-30-37(20,21)27-7-11(6-13)32-34(14,15)24-3/h11-13H,4-10H2,1-3H3,(H,14,15)(H,16,17)(H,18,19)(H,20,21)(H,22,23)/p-5. The molecule has 0 aliphatic rings. The van der Waals surface area contributed by atoms with Crippen LogP contribution in [0.15, 0.2) is 0 Å². The van der Waals surface area contributed by atoms with Crippen LogP contribution in [0, 0.1) is 0 Å². The summed E-state index contributed by atoms with van der Waals surface area (Å²) < 4.78 is 100. The van der Waals surface area contributed by atoms with Gasteiger partial charge in [-0.05, 0) is 13.8 Å². The fourth-order valence-electron chi connectivity index (χ4n) is 1.77. The first-order valence-electron chi connectivity index (χ1n) is 9.92. The molecule has 38 heavy (non-hydrogen) atoms. The molecule has 0 bridgehead atoms. The summed E-state index contributed by atoms with van der Waals surface area (Å²) >= 11 is 0. The average molecular weight is 661 g/mol. The number of aliphatic hydroxyl groups is 1. The first-order valence-corrected chi connectivity index (χ1v) is 17.2. The van der Waals surface area contributed by atoms with Gasteiger partial charge < -0.3 is 65.8 Å². The molecule has 0 aromatic heterocycles. The Labute approximate surface area is 216 Å². The van der Waals surface area contributed by atoms with E-state index in [4.69, 9.17) is 5.11 Å². The van der Waals surface area contributed by atoms with Crippen molar-refractivity contribution in [2.75, 3.05) is 53.5 Å². The largest absolute Gasteiger partial charge is 0.756 e. The molecular weight excluding hydrogens is 635 g/mol. The van der Waals surface area contributed by atoms with Crippen molar-refractivity contribution in [3.63, 3.8) is 0 Å². The molecule has 21 nitrogen and oxygen atoms in total. The van der Waals surface area contributed by atoms with Gasteiger partial charge in [-0.2, -0.15) is 0 Å². The minimum absolute atomic E-state index is 0.353. The van der Waals surface area contributed by atoms with Crippen molar-refractivity contribution in [1.82, 2.24) is 0 Å². The van der Waals surface area contributed by atoms with Gasteiger partial charge in [-0.1, -0.05) is 0 Å². The van der Waals surface area contributed by atoms with E-state index in [-0.39, 0.29) is 13.2 Å². The molecule has 0 aromatic carbocycles. The van der Waals surface area contributed by atoms with Crippen LogP contribution in [0.25, 0.3) is 0 Å². The van der Waals surface area contributed by atoms with Crippen molar-refractivity contribution in [3.8, 4) is 0 Å². The summed E-state index contributed by atoms with van der Waals surface area (Å²) in [6, 6.07) is 0. The molecule has 0 aromatic rings. The number of hydrogen-bond acceptors (Lipinski definition) is 21. The van der Waals surface area contributed by atoms with Crippen molar-refractivity contribution in [2.24, 2.45) is 0 Å². The minimum atomic E-state index is -5.58. The molecule has 0 aliphatic carbocycles. The first kappa shape index (κ1) is 38.5. The van der Waals surface area contributed by atoms with Gasteiger partial charge in [-0.15, -0.1) is 0 Å². The third kappa shape index (κ3) is 18.8. The van der Waals surface area contributed by atoms with Crippen LogP contribution in [0.1, 0.15) is 13.8 Å². The monoisotopic (exact) mass is 661 g/mol. The number of phosphoric ester groups is 5. The van der Waals surface area contributed by atoms with Gasteiger partial charge in [-0.25, -0.2) is 0 Å². The Hall–Kier alpha value is 0.510. The van der Waals surface area contributed by atoms with Crippen molar-refractivity contribution >= 4 is 39.1 Å².